The van der Waals surface area contributed by atoms with Crippen molar-refractivity contribution in [3.63, 3.8) is 0 Å². The van der Waals surface area contributed by atoms with Crippen molar-refractivity contribution < 1.29 is 5.11 Å². The van der Waals surface area contributed by atoms with E-state index in [4.69, 9.17) is 11.6 Å². The van der Waals surface area contributed by atoms with Gasteiger partial charge >= 0.3 is 0 Å². The number of nitrogens with zero attached hydrogens (tertiary/aromatic N) is 1. The maximum atomic E-state index is 10.8. The van der Waals surface area contributed by atoms with Gasteiger partial charge < -0.3 is 5.11 Å². The van der Waals surface area contributed by atoms with Crippen LogP contribution < -0.4 is 0 Å². The molecule has 0 amide bonds. The van der Waals surface area contributed by atoms with E-state index in [9.17, 15) is 5.11 Å². The molecule has 0 aliphatic carbocycles. The van der Waals surface area contributed by atoms with E-state index in [-0.39, 0.29) is 0 Å². The number of rotatable bonds is 5. The molecular formula is C14H16ClNOS. The van der Waals surface area contributed by atoms with E-state index in [2.05, 4.69) is 4.98 Å². The van der Waals surface area contributed by atoms with Crippen molar-refractivity contribution in [2.75, 3.05) is 5.88 Å². The molecule has 2 nitrogen and oxygen atoms in total. The van der Waals surface area contributed by atoms with Crippen LogP contribution in [0, 0.1) is 6.92 Å². The van der Waals surface area contributed by atoms with Crippen LogP contribution in [0.5, 0.6) is 0 Å². The Labute approximate surface area is 116 Å². The number of benzene rings is 1. The highest BCUT2D eigenvalue weighted by Crippen LogP contribution is 2.30. The fourth-order valence-corrected chi connectivity index (χ4v) is 3.16. The highest BCUT2D eigenvalue weighted by atomic mass is 35.5. The van der Waals surface area contributed by atoms with Crippen LogP contribution in [0.2, 0.25) is 0 Å². The largest absolute Gasteiger partial charge is 0.385 e. The predicted octanol–water partition coefficient (Wildman–Crippen LogP) is 3.51. The van der Waals surface area contributed by atoms with Crippen LogP contribution in [-0.4, -0.2) is 16.0 Å². The molecule has 1 unspecified atom stereocenters. The summed E-state index contributed by atoms with van der Waals surface area (Å²) >= 11 is 7.41. The van der Waals surface area contributed by atoms with Crippen LogP contribution in [0.15, 0.2) is 35.7 Å². The number of hydrogen-bond acceptors (Lipinski definition) is 3. The average Bonchev–Trinajstić information content (AvgIpc) is 2.76. The highest BCUT2D eigenvalue weighted by Gasteiger charge is 2.29. The molecule has 96 valence electrons. The fourth-order valence-electron chi connectivity index (χ4n) is 1.97. The summed E-state index contributed by atoms with van der Waals surface area (Å²) in [5.41, 5.74) is 0.975. The topological polar surface area (TPSA) is 33.1 Å². The Balaban J connectivity index is 2.26. The van der Waals surface area contributed by atoms with Crippen molar-refractivity contribution in [1.29, 1.82) is 0 Å². The van der Waals surface area contributed by atoms with Gasteiger partial charge in [-0.3, -0.25) is 0 Å². The van der Waals surface area contributed by atoms with Gasteiger partial charge in [-0.05, 0) is 18.9 Å². The second kappa shape index (κ2) is 5.83. The smallest absolute Gasteiger partial charge is 0.0971 e. The first-order chi connectivity index (χ1) is 8.64. The zero-order valence-corrected chi connectivity index (χ0v) is 11.8. The lowest BCUT2D eigenvalue weighted by molar-refractivity contribution is 0.0336. The summed E-state index contributed by atoms with van der Waals surface area (Å²) in [6.45, 7) is 1.96. The molecule has 1 aromatic heterocycles. The molecule has 2 aromatic rings. The minimum atomic E-state index is -0.923. The molecule has 0 fully saturated rings. The molecule has 1 N–H and O–H groups in total. The molecule has 1 heterocycles. The predicted molar refractivity (Wildman–Crippen MR) is 76.2 cm³/mol. The molecule has 4 heteroatoms. The van der Waals surface area contributed by atoms with Gasteiger partial charge in [0.2, 0.25) is 0 Å². The molecule has 2 rings (SSSR count). The van der Waals surface area contributed by atoms with Gasteiger partial charge in [0.15, 0.2) is 0 Å². The standard InChI is InChI=1S/C14H16ClNOS/c1-11-10-18-13(16-11)9-14(17,7-8-15)12-5-3-2-4-6-12/h2-6,10,17H,7-9H2,1H3. The van der Waals surface area contributed by atoms with E-state index >= 15 is 0 Å². The highest BCUT2D eigenvalue weighted by molar-refractivity contribution is 7.09. The Morgan fingerprint density at radius 2 is 2.06 bits per heavy atom. The molecule has 0 radical (unpaired) electrons. The first-order valence-electron chi connectivity index (χ1n) is 5.89. The van der Waals surface area contributed by atoms with Gasteiger partial charge in [-0.2, -0.15) is 0 Å². The maximum absolute atomic E-state index is 10.8. The van der Waals surface area contributed by atoms with E-state index in [0.717, 1.165) is 16.3 Å². The molecule has 0 saturated carbocycles. The summed E-state index contributed by atoms with van der Waals surface area (Å²) in [6, 6.07) is 9.68. The van der Waals surface area contributed by atoms with Gasteiger partial charge in [-0.1, -0.05) is 30.3 Å². The van der Waals surface area contributed by atoms with Crippen LogP contribution in [0.4, 0.5) is 0 Å². The minimum absolute atomic E-state index is 0.426. The first-order valence-corrected chi connectivity index (χ1v) is 7.30. The van der Waals surface area contributed by atoms with Crippen molar-refractivity contribution in [2.45, 2.75) is 25.4 Å². The number of alkyl halides is 1. The summed E-state index contributed by atoms with van der Waals surface area (Å²) in [5, 5.41) is 13.8. The van der Waals surface area contributed by atoms with E-state index in [1.54, 1.807) is 11.3 Å². The maximum Gasteiger partial charge on any atom is 0.0971 e. The normalized spacial score (nSPS) is 14.4. The van der Waals surface area contributed by atoms with E-state index in [0.29, 0.717) is 18.7 Å². The molecule has 0 bridgehead atoms. The summed E-state index contributed by atoms with van der Waals surface area (Å²) in [7, 11) is 0. The van der Waals surface area contributed by atoms with Gasteiger partial charge in [-0.25, -0.2) is 4.98 Å². The Morgan fingerprint density at radius 1 is 1.33 bits per heavy atom. The first kappa shape index (κ1) is 13.5. The lowest BCUT2D eigenvalue weighted by atomic mass is 9.88. The average molecular weight is 282 g/mol. The third-order valence-corrected chi connectivity index (χ3v) is 4.09. The quantitative estimate of drug-likeness (QED) is 0.851. The van der Waals surface area contributed by atoms with E-state index in [1.165, 1.54) is 0 Å². The van der Waals surface area contributed by atoms with Crippen molar-refractivity contribution >= 4 is 22.9 Å². The van der Waals surface area contributed by atoms with Crippen molar-refractivity contribution in [2.24, 2.45) is 0 Å². The van der Waals surface area contributed by atoms with Crippen LogP contribution in [0.25, 0.3) is 0 Å². The molecule has 0 aliphatic rings. The molecule has 0 saturated heterocycles. The molecule has 0 aliphatic heterocycles. The second-order valence-corrected chi connectivity index (χ2v) is 5.72. The molecular weight excluding hydrogens is 266 g/mol. The number of aliphatic hydroxyl groups is 1. The van der Waals surface area contributed by atoms with E-state index < -0.39 is 5.60 Å². The third-order valence-electron chi connectivity index (χ3n) is 2.93. The molecule has 0 spiro atoms. The summed E-state index contributed by atoms with van der Waals surface area (Å²) in [6.07, 6.45) is 1.04. The summed E-state index contributed by atoms with van der Waals surface area (Å²) < 4.78 is 0. The Kier molecular flexibility index (Phi) is 4.38. The lowest BCUT2D eigenvalue weighted by Gasteiger charge is -2.27. The van der Waals surface area contributed by atoms with Gasteiger partial charge in [0.05, 0.1) is 10.6 Å². The van der Waals surface area contributed by atoms with Crippen molar-refractivity contribution in [1.82, 2.24) is 4.98 Å². The zero-order chi connectivity index (χ0) is 13.0. The second-order valence-electron chi connectivity index (χ2n) is 4.40. The van der Waals surface area contributed by atoms with Gasteiger partial charge in [0, 0.05) is 23.4 Å². The van der Waals surface area contributed by atoms with Crippen molar-refractivity contribution in [3.05, 3.63) is 52.0 Å². The van der Waals surface area contributed by atoms with Crippen LogP contribution in [0.1, 0.15) is 22.7 Å². The SMILES string of the molecule is Cc1csc(CC(O)(CCCl)c2ccccc2)n1. The fraction of sp³-hybridized carbons (Fsp3) is 0.357. The molecule has 1 atom stereocenters. The molecule has 18 heavy (non-hydrogen) atoms. The zero-order valence-electron chi connectivity index (χ0n) is 10.3. The summed E-state index contributed by atoms with van der Waals surface area (Å²) in [5.74, 6) is 0.426. The van der Waals surface area contributed by atoms with Gasteiger partial charge in [0.25, 0.3) is 0 Å². The minimum Gasteiger partial charge on any atom is -0.385 e. The van der Waals surface area contributed by atoms with Gasteiger partial charge in [0.1, 0.15) is 0 Å². The Bertz CT molecular complexity index is 500. The van der Waals surface area contributed by atoms with Crippen LogP contribution >= 0.6 is 22.9 Å². The number of thiazole rings is 1. The number of aromatic nitrogens is 1. The van der Waals surface area contributed by atoms with Crippen molar-refractivity contribution in [3.8, 4) is 0 Å². The number of halogens is 1. The summed E-state index contributed by atoms with van der Waals surface area (Å²) in [4.78, 5) is 4.42. The van der Waals surface area contributed by atoms with Gasteiger partial charge in [-0.15, -0.1) is 22.9 Å². The molecule has 1 aromatic carbocycles. The van der Waals surface area contributed by atoms with Crippen LogP contribution in [-0.2, 0) is 12.0 Å². The number of hydrogen-bond donors (Lipinski definition) is 1. The Hall–Kier alpha value is -0.900. The van der Waals surface area contributed by atoms with E-state index in [1.807, 2.05) is 42.6 Å². The van der Waals surface area contributed by atoms with Crippen LogP contribution in [0.3, 0.4) is 0 Å². The third kappa shape index (κ3) is 3.10. The Morgan fingerprint density at radius 3 is 2.61 bits per heavy atom. The lowest BCUT2D eigenvalue weighted by Crippen LogP contribution is -2.29. The number of aryl methyl sites for hydroxylation is 1. The monoisotopic (exact) mass is 281 g/mol.